The monoisotopic (exact) mass is 385 g/mol. The highest BCUT2D eigenvalue weighted by Crippen LogP contribution is 2.34. The molecule has 7 nitrogen and oxygen atoms in total. The van der Waals surface area contributed by atoms with Crippen LogP contribution in [0.4, 0.5) is 5.69 Å². The zero-order chi connectivity index (χ0) is 18.8. The number of thioether (sulfide) groups is 1. The van der Waals surface area contributed by atoms with Crippen LogP contribution < -0.4 is 4.74 Å². The zero-order valence-corrected chi connectivity index (χ0v) is 15.6. The van der Waals surface area contributed by atoms with Crippen LogP contribution in [0.15, 0.2) is 47.6 Å². The molecule has 0 amide bonds. The number of fused-ring (bicyclic) bond motifs is 1. The lowest BCUT2D eigenvalue weighted by Gasteiger charge is -2.14. The van der Waals surface area contributed by atoms with E-state index in [0.29, 0.717) is 11.3 Å². The van der Waals surface area contributed by atoms with Gasteiger partial charge < -0.3 is 9.47 Å². The summed E-state index contributed by atoms with van der Waals surface area (Å²) >= 11 is 1.60. The molecule has 1 aliphatic rings. The van der Waals surface area contributed by atoms with E-state index in [9.17, 15) is 10.1 Å². The van der Waals surface area contributed by atoms with Crippen LogP contribution in [0.3, 0.4) is 0 Å². The minimum absolute atomic E-state index is 0.0304. The number of para-hydroxylation sites is 2. The molecule has 3 aromatic rings. The van der Waals surface area contributed by atoms with Gasteiger partial charge in [-0.15, -0.1) is 0 Å². The maximum Gasteiger partial charge on any atom is 0.271 e. The van der Waals surface area contributed by atoms with Crippen LogP contribution in [0.1, 0.15) is 12.8 Å². The molecule has 27 heavy (non-hydrogen) atoms. The fraction of sp³-hybridized carbons (Fsp3) is 0.316. The van der Waals surface area contributed by atoms with Crippen LogP contribution >= 0.6 is 11.8 Å². The van der Waals surface area contributed by atoms with Gasteiger partial charge in [-0.25, -0.2) is 4.98 Å². The first-order valence-electron chi connectivity index (χ1n) is 8.72. The van der Waals surface area contributed by atoms with Gasteiger partial charge in [0.25, 0.3) is 5.69 Å². The molecule has 0 aliphatic carbocycles. The number of imidazole rings is 1. The molecular formula is C19H19N3O4S. The molecule has 1 saturated heterocycles. The Kier molecular flexibility index (Phi) is 5.00. The Morgan fingerprint density at radius 1 is 1.37 bits per heavy atom. The van der Waals surface area contributed by atoms with Crippen molar-refractivity contribution in [3.8, 4) is 11.4 Å². The van der Waals surface area contributed by atoms with Crippen molar-refractivity contribution >= 4 is 28.5 Å². The van der Waals surface area contributed by atoms with Crippen molar-refractivity contribution < 1.29 is 14.4 Å². The van der Waals surface area contributed by atoms with Crippen LogP contribution in [0.5, 0.6) is 5.75 Å². The van der Waals surface area contributed by atoms with E-state index in [1.54, 1.807) is 24.9 Å². The highest BCUT2D eigenvalue weighted by atomic mass is 32.2. The van der Waals surface area contributed by atoms with Crippen molar-refractivity contribution in [2.24, 2.45) is 0 Å². The number of methoxy groups -OCH3 is 1. The van der Waals surface area contributed by atoms with E-state index in [0.717, 1.165) is 41.6 Å². The fourth-order valence-electron chi connectivity index (χ4n) is 3.25. The van der Waals surface area contributed by atoms with Crippen LogP contribution in [-0.4, -0.2) is 40.0 Å². The fourth-order valence-corrected chi connectivity index (χ4v) is 4.33. The number of non-ortho nitro benzene ring substituents is 1. The highest BCUT2D eigenvalue weighted by molar-refractivity contribution is 7.99. The molecule has 1 atom stereocenters. The van der Waals surface area contributed by atoms with Crippen LogP contribution in [0.25, 0.3) is 16.7 Å². The lowest BCUT2D eigenvalue weighted by molar-refractivity contribution is -0.384. The molecule has 2 aromatic carbocycles. The van der Waals surface area contributed by atoms with Crippen molar-refractivity contribution in [1.82, 2.24) is 9.55 Å². The standard InChI is InChI=1S/C19H19N3O4S/c1-25-18-7-3-2-6-17(18)21-16-9-8-13(22(23)24)11-15(16)20-19(21)27-12-14-5-4-10-26-14/h2-3,6-9,11,14H,4-5,10,12H2,1H3/t14-/m0/s1. The number of benzene rings is 2. The number of nitrogens with zero attached hydrogens (tertiary/aromatic N) is 3. The smallest absolute Gasteiger partial charge is 0.271 e. The van der Waals surface area contributed by atoms with Crippen LogP contribution in [0, 0.1) is 10.1 Å². The Bertz CT molecular complexity index is 982. The van der Waals surface area contributed by atoms with E-state index < -0.39 is 4.92 Å². The van der Waals surface area contributed by atoms with E-state index in [1.165, 1.54) is 12.1 Å². The molecule has 0 N–H and O–H groups in total. The number of rotatable bonds is 6. The number of aromatic nitrogens is 2. The first-order chi connectivity index (χ1) is 13.2. The van der Waals surface area contributed by atoms with Crippen molar-refractivity contribution in [2.75, 3.05) is 19.5 Å². The van der Waals surface area contributed by atoms with Gasteiger partial charge in [-0.1, -0.05) is 23.9 Å². The number of nitro benzene ring substituents is 1. The SMILES string of the molecule is COc1ccccc1-n1c(SC[C@@H]2CCCO2)nc2cc([N+](=O)[O-])ccc21. The third-order valence-corrected chi connectivity index (χ3v) is 5.64. The van der Waals surface area contributed by atoms with E-state index in [1.807, 2.05) is 28.8 Å². The molecule has 0 unspecified atom stereocenters. The lowest BCUT2D eigenvalue weighted by atomic mass is 10.2. The highest BCUT2D eigenvalue weighted by Gasteiger charge is 2.21. The topological polar surface area (TPSA) is 79.4 Å². The maximum absolute atomic E-state index is 11.1. The normalized spacial score (nSPS) is 16.7. The summed E-state index contributed by atoms with van der Waals surface area (Å²) < 4.78 is 13.2. The average Bonchev–Trinajstić information content (AvgIpc) is 3.32. The second kappa shape index (κ2) is 7.58. The van der Waals surface area contributed by atoms with Gasteiger partial charge in [-0.2, -0.15) is 0 Å². The molecule has 8 heteroatoms. The van der Waals surface area contributed by atoms with Gasteiger partial charge in [0.05, 0.1) is 34.9 Å². The van der Waals surface area contributed by atoms with E-state index in [2.05, 4.69) is 4.98 Å². The molecule has 2 heterocycles. The van der Waals surface area contributed by atoms with E-state index >= 15 is 0 Å². The van der Waals surface area contributed by atoms with Gasteiger partial charge >= 0.3 is 0 Å². The molecule has 1 fully saturated rings. The summed E-state index contributed by atoms with van der Waals surface area (Å²) in [7, 11) is 1.63. The van der Waals surface area contributed by atoms with Gasteiger partial charge in [0.2, 0.25) is 0 Å². The van der Waals surface area contributed by atoms with Crippen LogP contribution in [-0.2, 0) is 4.74 Å². The Balaban J connectivity index is 1.82. The molecule has 0 bridgehead atoms. The van der Waals surface area contributed by atoms with Gasteiger partial charge in [-0.05, 0) is 31.0 Å². The average molecular weight is 385 g/mol. The summed E-state index contributed by atoms with van der Waals surface area (Å²) in [6.45, 7) is 0.806. The number of hydrogen-bond donors (Lipinski definition) is 0. The third kappa shape index (κ3) is 3.50. The molecule has 1 aliphatic heterocycles. The number of ether oxygens (including phenoxy) is 2. The minimum Gasteiger partial charge on any atom is -0.495 e. The molecule has 0 radical (unpaired) electrons. The minimum atomic E-state index is -0.402. The van der Waals surface area contributed by atoms with Gasteiger partial charge in [0.15, 0.2) is 5.16 Å². The first kappa shape index (κ1) is 17.8. The summed E-state index contributed by atoms with van der Waals surface area (Å²) in [5.74, 6) is 1.51. The molecule has 0 saturated carbocycles. The summed E-state index contributed by atoms with van der Waals surface area (Å²) in [6, 6.07) is 12.4. The Morgan fingerprint density at radius 3 is 2.96 bits per heavy atom. The summed E-state index contributed by atoms with van der Waals surface area (Å²) in [5, 5.41) is 11.9. The predicted molar refractivity (Wildman–Crippen MR) is 104 cm³/mol. The van der Waals surface area contributed by atoms with Crippen molar-refractivity contribution in [2.45, 2.75) is 24.1 Å². The second-order valence-corrected chi connectivity index (χ2v) is 7.26. The van der Waals surface area contributed by atoms with Crippen molar-refractivity contribution in [3.63, 3.8) is 0 Å². The number of nitro groups is 1. The van der Waals surface area contributed by atoms with E-state index in [4.69, 9.17) is 9.47 Å². The second-order valence-electron chi connectivity index (χ2n) is 6.28. The van der Waals surface area contributed by atoms with E-state index in [-0.39, 0.29) is 11.8 Å². The Morgan fingerprint density at radius 2 is 2.22 bits per heavy atom. The largest absolute Gasteiger partial charge is 0.495 e. The molecule has 1 aromatic heterocycles. The maximum atomic E-state index is 11.1. The quantitative estimate of drug-likeness (QED) is 0.359. The zero-order valence-electron chi connectivity index (χ0n) is 14.8. The first-order valence-corrected chi connectivity index (χ1v) is 9.70. The molecule has 0 spiro atoms. The van der Waals surface area contributed by atoms with Gasteiger partial charge in [0.1, 0.15) is 5.75 Å². The summed E-state index contributed by atoms with van der Waals surface area (Å²) in [6.07, 6.45) is 2.35. The van der Waals surface area contributed by atoms with Crippen LogP contribution in [0.2, 0.25) is 0 Å². The molecule has 140 valence electrons. The third-order valence-electron chi connectivity index (χ3n) is 4.57. The van der Waals surface area contributed by atoms with Gasteiger partial charge in [0, 0.05) is 24.5 Å². The van der Waals surface area contributed by atoms with Gasteiger partial charge in [-0.3, -0.25) is 14.7 Å². The Hall–Kier alpha value is -2.58. The lowest BCUT2D eigenvalue weighted by Crippen LogP contribution is -2.09. The predicted octanol–water partition coefficient (Wildman–Crippen LogP) is 4.21. The molecular weight excluding hydrogens is 366 g/mol. The Labute approximate surface area is 160 Å². The summed E-state index contributed by atoms with van der Waals surface area (Å²) in [4.78, 5) is 15.4. The summed E-state index contributed by atoms with van der Waals surface area (Å²) in [5.41, 5.74) is 2.28. The van der Waals surface area contributed by atoms with Crippen molar-refractivity contribution in [3.05, 3.63) is 52.6 Å². The number of hydrogen-bond acceptors (Lipinski definition) is 6. The van der Waals surface area contributed by atoms with Crippen molar-refractivity contribution in [1.29, 1.82) is 0 Å². The molecule has 4 rings (SSSR count).